The van der Waals surface area contributed by atoms with Crippen LogP contribution in [0.5, 0.6) is 5.75 Å². The molecule has 1 heterocycles. The smallest absolute Gasteiger partial charge is 0.328 e. The molecule has 1 aromatic heterocycles. The zero-order valence-corrected chi connectivity index (χ0v) is 12.6. The Bertz CT molecular complexity index is 698. The quantitative estimate of drug-likeness (QED) is 0.766. The standard InChI is InChI=1S/C16H20N2O3/c1-4-7-17-8-9-18(16(17)20)11-14(19)13-6-5-12(2)10-15(13)21-3/h5-6,8-10H,4,7,11H2,1-3H3. The van der Waals surface area contributed by atoms with E-state index >= 15 is 0 Å². The molecule has 2 rings (SSSR count). The largest absolute Gasteiger partial charge is 0.496 e. The van der Waals surface area contributed by atoms with Crippen molar-refractivity contribution in [3.8, 4) is 5.75 Å². The van der Waals surface area contributed by atoms with Crippen LogP contribution >= 0.6 is 0 Å². The predicted molar refractivity (Wildman–Crippen MR) is 81.0 cm³/mol. The number of nitrogens with zero attached hydrogens (tertiary/aromatic N) is 2. The molecule has 0 aliphatic heterocycles. The van der Waals surface area contributed by atoms with Crippen molar-refractivity contribution in [2.45, 2.75) is 33.4 Å². The number of rotatable bonds is 6. The van der Waals surface area contributed by atoms with Gasteiger partial charge in [0.1, 0.15) is 5.75 Å². The summed E-state index contributed by atoms with van der Waals surface area (Å²) in [5, 5.41) is 0. The van der Waals surface area contributed by atoms with E-state index in [1.807, 2.05) is 26.0 Å². The lowest BCUT2D eigenvalue weighted by Crippen LogP contribution is -2.26. The van der Waals surface area contributed by atoms with Crippen molar-refractivity contribution >= 4 is 5.78 Å². The molecule has 0 amide bonds. The second kappa shape index (κ2) is 6.43. The Balaban J connectivity index is 2.24. The van der Waals surface area contributed by atoms with Crippen molar-refractivity contribution < 1.29 is 9.53 Å². The number of aromatic nitrogens is 2. The van der Waals surface area contributed by atoms with E-state index in [4.69, 9.17) is 4.74 Å². The number of carbonyl (C=O) groups excluding carboxylic acids is 1. The maximum Gasteiger partial charge on any atom is 0.328 e. The molecule has 21 heavy (non-hydrogen) atoms. The summed E-state index contributed by atoms with van der Waals surface area (Å²) in [6.45, 7) is 4.63. The molecule has 0 bridgehead atoms. The van der Waals surface area contributed by atoms with Crippen LogP contribution in [0.1, 0.15) is 29.3 Å². The van der Waals surface area contributed by atoms with E-state index in [9.17, 15) is 9.59 Å². The van der Waals surface area contributed by atoms with Crippen LogP contribution < -0.4 is 10.4 Å². The molecule has 0 aliphatic carbocycles. The molecule has 2 aromatic rings. The van der Waals surface area contributed by atoms with Gasteiger partial charge < -0.3 is 4.74 Å². The van der Waals surface area contributed by atoms with Gasteiger partial charge in [-0.15, -0.1) is 0 Å². The number of methoxy groups -OCH3 is 1. The monoisotopic (exact) mass is 288 g/mol. The van der Waals surface area contributed by atoms with Crippen LogP contribution in [0.25, 0.3) is 0 Å². The summed E-state index contributed by atoms with van der Waals surface area (Å²) in [4.78, 5) is 24.5. The average Bonchev–Trinajstić information content (AvgIpc) is 2.80. The molecule has 5 heteroatoms. The van der Waals surface area contributed by atoms with Gasteiger partial charge in [-0.25, -0.2) is 4.79 Å². The maximum absolute atomic E-state index is 12.4. The summed E-state index contributed by atoms with van der Waals surface area (Å²) < 4.78 is 8.28. The molecule has 0 fully saturated rings. The molecule has 0 saturated heterocycles. The number of benzene rings is 1. The lowest BCUT2D eigenvalue weighted by molar-refractivity contribution is 0.0967. The van der Waals surface area contributed by atoms with Gasteiger partial charge in [-0.1, -0.05) is 13.0 Å². The Morgan fingerprint density at radius 3 is 2.62 bits per heavy atom. The third-order valence-electron chi connectivity index (χ3n) is 3.35. The SMILES string of the molecule is CCCn1ccn(CC(=O)c2ccc(C)cc2OC)c1=O. The molecule has 0 spiro atoms. The second-order valence-corrected chi connectivity index (χ2v) is 5.03. The molecular weight excluding hydrogens is 268 g/mol. The third-order valence-corrected chi connectivity index (χ3v) is 3.35. The molecular formula is C16H20N2O3. The van der Waals surface area contributed by atoms with Gasteiger partial charge >= 0.3 is 5.69 Å². The minimum Gasteiger partial charge on any atom is -0.496 e. The van der Waals surface area contributed by atoms with Gasteiger partial charge in [0, 0.05) is 18.9 Å². The summed E-state index contributed by atoms with van der Waals surface area (Å²) in [5.41, 5.74) is 1.36. The Hall–Kier alpha value is -2.30. The van der Waals surface area contributed by atoms with E-state index in [2.05, 4.69) is 0 Å². The Labute approximate surface area is 123 Å². The summed E-state index contributed by atoms with van der Waals surface area (Å²) >= 11 is 0. The fourth-order valence-corrected chi connectivity index (χ4v) is 2.25. The van der Waals surface area contributed by atoms with Gasteiger partial charge in [-0.3, -0.25) is 13.9 Å². The highest BCUT2D eigenvalue weighted by atomic mass is 16.5. The molecule has 112 valence electrons. The van der Waals surface area contributed by atoms with Crippen LogP contribution in [0.15, 0.2) is 35.4 Å². The van der Waals surface area contributed by atoms with Gasteiger partial charge in [-0.05, 0) is 31.0 Å². The van der Waals surface area contributed by atoms with Crippen molar-refractivity contribution in [1.82, 2.24) is 9.13 Å². The first kappa shape index (κ1) is 15.1. The lowest BCUT2D eigenvalue weighted by atomic mass is 10.1. The van der Waals surface area contributed by atoms with Gasteiger partial charge in [0.2, 0.25) is 0 Å². The molecule has 0 aliphatic rings. The zero-order chi connectivity index (χ0) is 15.4. The normalized spacial score (nSPS) is 10.6. The second-order valence-electron chi connectivity index (χ2n) is 5.03. The number of hydrogen-bond donors (Lipinski definition) is 0. The van der Waals surface area contributed by atoms with Crippen molar-refractivity contribution in [2.75, 3.05) is 7.11 Å². The first-order valence-electron chi connectivity index (χ1n) is 7.00. The fraction of sp³-hybridized carbons (Fsp3) is 0.375. The van der Waals surface area contributed by atoms with Crippen molar-refractivity contribution in [3.63, 3.8) is 0 Å². The first-order valence-corrected chi connectivity index (χ1v) is 7.00. The van der Waals surface area contributed by atoms with E-state index in [1.165, 1.54) is 11.7 Å². The van der Waals surface area contributed by atoms with Crippen LogP contribution in [-0.2, 0) is 13.1 Å². The zero-order valence-electron chi connectivity index (χ0n) is 12.6. The highest BCUT2D eigenvalue weighted by molar-refractivity contribution is 5.98. The summed E-state index contributed by atoms with van der Waals surface area (Å²) in [5.74, 6) is 0.407. The van der Waals surface area contributed by atoms with Crippen LogP contribution in [0.4, 0.5) is 0 Å². The molecule has 0 saturated carbocycles. The van der Waals surface area contributed by atoms with Crippen molar-refractivity contribution in [2.24, 2.45) is 0 Å². The number of ether oxygens (including phenoxy) is 1. The first-order chi connectivity index (χ1) is 10.1. The Morgan fingerprint density at radius 1 is 1.24 bits per heavy atom. The van der Waals surface area contributed by atoms with E-state index in [0.29, 0.717) is 17.9 Å². The van der Waals surface area contributed by atoms with Crippen molar-refractivity contribution in [1.29, 1.82) is 0 Å². The number of carbonyl (C=O) groups is 1. The number of ketones is 1. The van der Waals surface area contributed by atoms with E-state index < -0.39 is 0 Å². The van der Waals surface area contributed by atoms with Gasteiger partial charge in [0.15, 0.2) is 5.78 Å². The third kappa shape index (κ3) is 3.24. The lowest BCUT2D eigenvalue weighted by Gasteiger charge is -2.08. The molecule has 5 nitrogen and oxygen atoms in total. The van der Waals surface area contributed by atoms with Crippen LogP contribution in [-0.4, -0.2) is 22.0 Å². The molecule has 1 aromatic carbocycles. The minimum atomic E-state index is -0.156. The van der Waals surface area contributed by atoms with Crippen LogP contribution in [0, 0.1) is 6.92 Å². The Morgan fingerprint density at radius 2 is 1.95 bits per heavy atom. The average molecular weight is 288 g/mol. The topological polar surface area (TPSA) is 53.2 Å². The number of hydrogen-bond acceptors (Lipinski definition) is 3. The highest BCUT2D eigenvalue weighted by Crippen LogP contribution is 2.20. The fourth-order valence-electron chi connectivity index (χ4n) is 2.25. The number of Topliss-reactive ketones (excluding diaryl/α,β-unsaturated/α-hetero) is 1. The van der Waals surface area contributed by atoms with Crippen LogP contribution in [0.2, 0.25) is 0 Å². The van der Waals surface area contributed by atoms with Gasteiger partial charge in [0.25, 0.3) is 0 Å². The van der Waals surface area contributed by atoms with E-state index in [1.54, 1.807) is 23.0 Å². The molecule has 0 N–H and O–H groups in total. The molecule has 0 unspecified atom stereocenters. The highest BCUT2D eigenvalue weighted by Gasteiger charge is 2.14. The maximum atomic E-state index is 12.4. The predicted octanol–water partition coefficient (Wildman–Crippen LogP) is 2.26. The number of aryl methyl sites for hydroxylation is 2. The Kier molecular flexibility index (Phi) is 4.62. The van der Waals surface area contributed by atoms with Gasteiger partial charge in [-0.2, -0.15) is 0 Å². The van der Waals surface area contributed by atoms with Crippen LogP contribution in [0.3, 0.4) is 0 Å². The molecule has 0 radical (unpaired) electrons. The molecule has 0 atom stereocenters. The summed E-state index contributed by atoms with van der Waals surface area (Å²) in [7, 11) is 1.54. The summed E-state index contributed by atoms with van der Waals surface area (Å²) in [6, 6.07) is 5.42. The van der Waals surface area contributed by atoms with E-state index in [-0.39, 0.29) is 18.0 Å². The van der Waals surface area contributed by atoms with Gasteiger partial charge in [0.05, 0.1) is 19.2 Å². The minimum absolute atomic E-state index is 0.0228. The summed E-state index contributed by atoms with van der Waals surface area (Å²) in [6.07, 6.45) is 4.24. The van der Waals surface area contributed by atoms with Crippen molar-refractivity contribution in [3.05, 3.63) is 52.2 Å². The van der Waals surface area contributed by atoms with E-state index in [0.717, 1.165) is 12.0 Å². The number of imidazole rings is 1.